The van der Waals surface area contributed by atoms with Gasteiger partial charge in [-0.2, -0.15) is 0 Å². The Morgan fingerprint density at radius 1 is 0.512 bits per heavy atom. The maximum atomic E-state index is 11.4. The van der Waals surface area contributed by atoms with Crippen molar-refractivity contribution in [3.63, 3.8) is 0 Å². The first kappa shape index (κ1) is 37.6. The van der Waals surface area contributed by atoms with Crippen molar-refractivity contribution < 1.29 is 61.7 Å². The number of rotatable bonds is 31. The highest BCUT2D eigenvalue weighted by molar-refractivity contribution is 6.12. The summed E-state index contributed by atoms with van der Waals surface area (Å²) < 4.78 is 60.1. The molecule has 1 fully saturated rings. The fourth-order valence-electron chi connectivity index (χ4n) is 3.75. The summed E-state index contributed by atoms with van der Waals surface area (Å²) in [6.45, 7) is 10.1. The second kappa shape index (κ2) is 28.0. The van der Waals surface area contributed by atoms with E-state index in [1.54, 1.807) is 0 Å². The molecule has 14 nitrogen and oxygen atoms in total. The maximum absolute atomic E-state index is 11.4. The highest BCUT2D eigenvalue weighted by atomic mass is 16.7. The summed E-state index contributed by atoms with van der Waals surface area (Å²) in [4.78, 5) is 23.9. The van der Waals surface area contributed by atoms with Crippen molar-refractivity contribution in [2.24, 2.45) is 0 Å². The van der Waals surface area contributed by atoms with Crippen molar-refractivity contribution in [3.05, 3.63) is 12.2 Å². The van der Waals surface area contributed by atoms with Gasteiger partial charge in [-0.25, -0.2) is 0 Å². The lowest BCUT2D eigenvalue weighted by molar-refractivity contribution is -0.169. The first-order valence-electron chi connectivity index (χ1n) is 15.2. The number of carbonyl (C=O) groups excluding carboxylic acids is 2. The van der Waals surface area contributed by atoms with Gasteiger partial charge in [-0.3, -0.25) is 14.5 Å². The van der Waals surface area contributed by atoms with E-state index in [1.165, 1.54) is 12.2 Å². The minimum atomic E-state index is -0.305. The zero-order chi connectivity index (χ0) is 30.5. The summed E-state index contributed by atoms with van der Waals surface area (Å²) in [5, 5.41) is 0. The molecular formula is C29H51NO13. The van der Waals surface area contributed by atoms with Gasteiger partial charge < -0.3 is 52.1 Å². The molecule has 250 valence electrons. The predicted molar refractivity (Wildman–Crippen MR) is 153 cm³/mol. The highest BCUT2D eigenvalue weighted by Gasteiger charge is 2.22. The molecule has 0 aromatic heterocycles. The Labute approximate surface area is 255 Å². The number of amides is 2. The Morgan fingerprint density at radius 2 is 0.860 bits per heavy atom. The van der Waals surface area contributed by atoms with Crippen molar-refractivity contribution in [1.82, 2.24) is 4.90 Å². The number of nitrogens with zero attached hydrogens (tertiary/aromatic N) is 1. The molecule has 0 radical (unpaired) electrons. The lowest BCUT2D eigenvalue weighted by Crippen LogP contribution is -2.33. The van der Waals surface area contributed by atoms with Gasteiger partial charge in [0.2, 0.25) is 0 Å². The van der Waals surface area contributed by atoms with Crippen LogP contribution in [0.5, 0.6) is 0 Å². The quantitative estimate of drug-likeness (QED) is 0.0790. The largest absolute Gasteiger partial charge is 0.377 e. The molecule has 2 heterocycles. The molecule has 0 spiro atoms. The van der Waals surface area contributed by atoms with Crippen molar-refractivity contribution in [3.8, 4) is 0 Å². The Morgan fingerprint density at radius 3 is 1.21 bits per heavy atom. The molecule has 14 heteroatoms. The first-order chi connectivity index (χ1) is 21.3. The Hall–Kier alpha value is -1.56. The maximum Gasteiger partial charge on any atom is 0.253 e. The zero-order valence-corrected chi connectivity index (χ0v) is 25.5. The average Bonchev–Trinajstić information content (AvgIpc) is 3.34. The number of carbonyl (C=O) groups is 2. The molecular weight excluding hydrogens is 570 g/mol. The standard InChI is InChI=1S/C29H51NO13/c31-27-4-5-28(32)30(27)6-8-33-9-10-34-11-12-35-13-14-36-15-16-37-17-18-38-19-20-39-21-22-40-23-24-41-25-26-43-29-3-1-2-7-42-29/h4-5,29H,1-3,6-26H2. The summed E-state index contributed by atoms with van der Waals surface area (Å²) in [7, 11) is 0. The van der Waals surface area contributed by atoms with Crippen LogP contribution in [0.4, 0.5) is 0 Å². The van der Waals surface area contributed by atoms with Gasteiger partial charge in [0.25, 0.3) is 11.8 Å². The van der Waals surface area contributed by atoms with E-state index < -0.39 is 0 Å². The van der Waals surface area contributed by atoms with E-state index in [9.17, 15) is 9.59 Å². The van der Waals surface area contributed by atoms with Crippen LogP contribution in [0.25, 0.3) is 0 Å². The molecule has 0 aliphatic carbocycles. The van der Waals surface area contributed by atoms with Crippen LogP contribution < -0.4 is 0 Å². The van der Waals surface area contributed by atoms with Gasteiger partial charge in [0.05, 0.1) is 132 Å². The summed E-state index contributed by atoms with van der Waals surface area (Å²) >= 11 is 0. The van der Waals surface area contributed by atoms with Crippen molar-refractivity contribution in [2.45, 2.75) is 25.6 Å². The third-order valence-electron chi connectivity index (χ3n) is 6.01. The van der Waals surface area contributed by atoms with Crippen LogP contribution >= 0.6 is 0 Å². The molecule has 0 aromatic carbocycles. The van der Waals surface area contributed by atoms with E-state index in [0.717, 1.165) is 30.8 Å². The van der Waals surface area contributed by atoms with Gasteiger partial charge in [0, 0.05) is 18.8 Å². The van der Waals surface area contributed by atoms with Crippen LogP contribution in [0.15, 0.2) is 12.2 Å². The first-order valence-corrected chi connectivity index (χ1v) is 15.2. The molecule has 1 saturated heterocycles. The van der Waals surface area contributed by atoms with Crippen LogP contribution in [0, 0.1) is 0 Å². The average molecular weight is 622 g/mol. The van der Waals surface area contributed by atoms with E-state index in [-0.39, 0.29) is 31.3 Å². The van der Waals surface area contributed by atoms with E-state index >= 15 is 0 Å². The number of hydrogen-bond acceptors (Lipinski definition) is 13. The molecule has 0 aromatic rings. The molecule has 0 bridgehead atoms. The Balaban J connectivity index is 1.14. The second-order valence-corrected chi connectivity index (χ2v) is 9.34. The molecule has 0 saturated carbocycles. The third-order valence-corrected chi connectivity index (χ3v) is 6.01. The monoisotopic (exact) mass is 621 g/mol. The molecule has 43 heavy (non-hydrogen) atoms. The van der Waals surface area contributed by atoms with Crippen LogP contribution in [0.2, 0.25) is 0 Å². The van der Waals surface area contributed by atoms with E-state index in [1.807, 2.05) is 0 Å². The van der Waals surface area contributed by atoms with Crippen LogP contribution in [0.3, 0.4) is 0 Å². The van der Waals surface area contributed by atoms with E-state index in [4.69, 9.17) is 52.1 Å². The summed E-state index contributed by atoms with van der Waals surface area (Å²) in [6.07, 6.45) is 5.68. The third kappa shape index (κ3) is 21.7. The van der Waals surface area contributed by atoms with Crippen molar-refractivity contribution in [1.29, 1.82) is 0 Å². The fraction of sp³-hybridized carbons (Fsp3) is 0.862. The number of imide groups is 1. The number of hydrogen-bond donors (Lipinski definition) is 0. The molecule has 2 amide bonds. The SMILES string of the molecule is O=C1C=CC(=O)N1CCOCCOCCOCCOCCOCCOCCOCCOCCOCCOC1CCCCO1. The summed E-state index contributed by atoms with van der Waals surface area (Å²) in [6, 6.07) is 0. The van der Waals surface area contributed by atoms with Crippen LogP contribution in [-0.4, -0.2) is 162 Å². The Kier molecular flexibility index (Phi) is 24.5. The van der Waals surface area contributed by atoms with Crippen LogP contribution in [-0.2, 0) is 61.7 Å². The molecule has 0 N–H and O–H groups in total. The van der Waals surface area contributed by atoms with Gasteiger partial charge in [-0.1, -0.05) is 0 Å². The minimum absolute atomic E-state index is 0.0709. The summed E-state index contributed by atoms with van der Waals surface area (Å²) in [5.74, 6) is -0.609. The minimum Gasteiger partial charge on any atom is -0.377 e. The molecule has 2 rings (SSSR count). The van der Waals surface area contributed by atoms with Gasteiger partial charge in [0.15, 0.2) is 6.29 Å². The zero-order valence-electron chi connectivity index (χ0n) is 25.5. The molecule has 1 unspecified atom stereocenters. The fourth-order valence-corrected chi connectivity index (χ4v) is 3.75. The second-order valence-electron chi connectivity index (χ2n) is 9.34. The summed E-state index contributed by atoms with van der Waals surface area (Å²) in [5.41, 5.74) is 0. The molecule has 2 aliphatic rings. The highest BCUT2D eigenvalue weighted by Crippen LogP contribution is 2.13. The molecule has 2 aliphatic heterocycles. The van der Waals surface area contributed by atoms with Crippen LogP contribution in [0.1, 0.15) is 19.3 Å². The van der Waals surface area contributed by atoms with Gasteiger partial charge in [-0.15, -0.1) is 0 Å². The predicted octanol–water partition coefficient (Wildman–Crippen LogP) is 0.604. The van der Waals surface area contributed by atoms with E-state index in [0.29, 0.717) is 119 Å². The van der Waals surface area contributed by atoms with Gasteiger partial charge in [0.1, 0.15) is 0 Å². The normalized spacial score (nSPS) is 17.0. The topological polar surface area (TPSA) is 139 Å². The van der Waals surface area contributed by atoms with Crippen molar-refractivity contribution in [2.75, 3.05) is 139 Å². The Bertz CT molecular complexity index is 688. The lowest BCUT2D eigenvalue weighted by atomic mass is 10.2. The van der Waals surface area contributed by atoms with Crippen molar-refractivity contribution >= 4 is 11.8 Å². The lowest BCUT2D eigenvalue weighted by Gasteiger charge is -2.22. The van der Waals surface area contributed by atoms with Gasteiger partial charge in [-0.05, 0) is 19.3 Å². The van der Waals surface area contributed by atoms with Gasteiger partial charge >= 0.3 is 0 Å². The van der Waals surface area contributed by atoms with E-state index in [2.05, 4.69) is 0 Å². The molecule has 1 atom stereocenters. The smallest absolute Gasteiger partial charge is 0.253 e. The number of ether oxygens (including phenoxy) is 11.